The van der Waals surface area contributed by atoms with Crippen molar-refractivity contribution in [3.05, 3.63) is 23.8 Å². The molecule has 2 aromatic rings. The van der Waals surface area contributed by atoms with Crippen LogP contribution in [0.3, 0.4) is 0 Å². The average Bonchev–Trinajstić information content (AvgIpc) is 2.84. The maximum absolute atomic E-state index is 11.7. The Morgan fingerprint density at radius 1 is 1.39 bits per heavy atom. The highest BCUT2D eigenvalue weighted by Crippen LogP contribution is 2.27. The molecule has 4 nitrogen and oxygen atoms in total. The molecule has 0 radical (unpaired) electrons. The Labute approximate surface area is 146 Å². The molecule has 0 spiro atoms. The van der Waals surface area contributed by atoms with E-state index in [1.165, 1.54) is 18.4 Å². The molecule has 0 atom stereocenters. The number of amides is 1. The first-order valence-corrected chi connectivity index (χ1v) is 9.20. The van der Waals surface area contributed by atoms with Crippen LogP contribution in [0.5, 0.6) is 0 Å². The summed E-state index contributed by atoms with van der Waals surface area (Å²) < 4.78 is 1.14. The highest BCUT2D eigenvalue weighted by Gasteiger charge is 2.10. The normalized spacial score (nSPS) is 11.0. The summed E-state index contributed by atoms with van der Waals surface area (Å²) in [6.07, 6.45) is 3.94. The lowest BCUT2D eigenvalue weighted by atomic mass is 10.1. The molecule has 1 amide bonds. The van der Waals surface area contributed by atoms with Crippen molar-refractivity contribution >= 4 is 49.9 Å². The first kappa shape index (κ1) is 17.8. The van der Waals surface area contributed by atoms with Crippen molar-refractivity contribution in [2.45, 2.75) is 46.5 Å². The molecule has 0 unspecified atom stereocenters. The Hall–Kier alpha value is -1.53. The number of nitrogens with zero attached hydrogens (tertiary/aromatic N) is 1. The molecule has 23 heavy (non-hydrogen) atoms. The van der Waals surface area contributed by atoms with E-state index in [0.717, 1.165) is 16.6 Å². The number of benzene rings is 1. The number of thiazole rings is 1. The van der Waals surface area contributed by atoms with Crippen LogP contribution in [0.15, 0.2) is 18.2 Å². The minimum absolute atomic E-state index is 0.0690. The number of rotatable bonds is 6. The van der Waals surface area contributed by atoms with Gasteiger partial charge in [-0.2, -0.15) is 0 Å². The number of fused-ring (bicyclic) bond motifs is 1. The fourth-order valence-corrected chi connectivity index (χ4v) is 3.44. The van der Waals surface area contributed by atoms with E-state index in [2.05, 4.69) is 34.7 Å². The molecule has 0 bridgehead atoms. The molecule has 0 saturated carbocycles. The van der Waals surface area contributed by atoms with Crippen LogP contribution < -0.4 is 10.6 Å². The maximum Gasteiger partial charge on any atom is 0.226 e. The van der Waals surface area contributed by atoms with Gasteiger partial charge in [0, 0.05) is 6.42 Å². The van der Waals surface area contributed by atoms with Gasteiger partial charge in [0.15, 0.2) is 10.2 Å². The molecule has 124 valence electrons. The zero-order chi connectivity index (χ0) is 16.8. The zero-order valence-electron chi connectivity index (χ0n) is 13.8. The van der Waals surface area contributed by atoms with E-state index in [9.17, 15) is 4.79 Å². The Balaban J connectivity index is 2.00. The largest absolute Gasteiger partial charge is 0.308 e. The van der Waals surface area contributed by atoms with E-state index in [1.54, 1.807) is 11.3 Å². The summed E-state index contributed by atoms with van der Waals surface area (Å²) in [6, 6.07) is 6.36. The highest BCUT2D eigenvalue weighted by molar-refractivity contribution is 7.80. The summed E-state index contributed by atoms with van der Waals surface area (Å²) >= 11 is 6.73. The summed E-state index contributed by atoms with van der Waals surface area (Å²) in [5.74, 6) is 0.238. The Bertz CT molecular complexity index is 694. The van der Waals surface area contributed by atoms with Gasteiger partial charge in [0.1, 0.15) is 0 Å². The number of carbonyl (C=O) groups excluding carboxylic acids is 1. The summed E-state index contributed by atoms with van der Waals surface area (Å²) in [4.78, 5) is 16.2. The molecular formula is C17H23N3OS2. The molecule has 1 heterocycles. The Morgan fingerprint density at radius 3 is 2.87 bits per heavy atom. The topological polar surface area (TPSA) is 54.0 Å². The number of unbranched alkanes of at least 4 members (excludes halogenated alkanes) is 1. The van der Waals surface area contributed by atoms with Gasteiger partial charge in [-0.25, -0.2) is 4.98 Å². The fraction of sp³-hybridized carbons (Fsp3) is 0.471. The van der Waals surface area contributed by atoms with Crippen LogP contribution >= 0.6 is 23.6 Å². The van der Waals surface area contributed by atoms with Crippen molar-refractivity contribution in [1.82, 2.24) is 10.3 Å². The number of thiocarbonyl (C=S) groups is 1. The lowest BCUT2D eigenvalue weighted by molar-refractivity contribution is -0.120. The number of hydrogen-bond acceptors (Lipinski definition) is 4. The molecule has 0 aliphatic heterocycles. The molecular weight excluding hydrogens is 326 g/mol. The van der Waals surface area contributed by atoms with Gasteiger partial charge in [0.25, 0.3) is 0 Å². The van der Waals surface area contributed by atoms with Crippen molar-refractivity contribution in [3.8, 4) is 0 Å². The molecule has 0 fully saturated rings. The van der Waals surface area contributed by atoms with Crippen molar-refractivity contribution in [2.24, 2.45) is 5.92 Å². The Kier molecular flexibility index (Phi) is 6.47. The average molecular weight is 350 g/mol. The zero-order valence-corrected chi connectivity index (χ0v) is 15.4. The number of nitrogens with one attached hydrogen (secondary N) is 2. The minimum Gasteiger partial charge on any atom is -0.308 e. The minimum atomic E-state index is -0.0690. The van der Waals surface area contributed by atoms with Gasteiger partial charge in [-0.15, -0.1) is 0 Å². The van der Waals surface area contributed by atoms with Crippen LogP contribution in [-0.2, 0) is 11.2 Å². The molecule has 0 aliphatic rings. The number of aromatic nitrogens is 1. The van der Waals surface area contributed by atoms with Crippen LogP contribution in [0.4, 0.5) is 5.13 Å². The van der Waals surface area contributed by atoms with E-state index >= 15 is 0 Å². The molecule has 1 aromatic heterocycles. The number of carbonyl (C=O) groups is 1. The van der Waals surface area contributed by atoms with Crippen LogP contribution in [0.2, 0.25) is 0 Å². The fourth-order valence-electron chi connectivity index (χ4n) is 2.24. The van der Waals surface area contributed by atoms with Gasteiger partial charge in [-0.1, -0.05) is 44.6 Å². The SMILES string of the molecule is CCCCc1ccc2nc(NC(=S)NC(=O)CC(C)C)sc2c1. The van der Waals surface area contributed by atoms with E-state index in [1.807, 2.05) is 19.9 Å². The summed E-state index contributed by atoms with van der Waals surface area (Å²) in [7, 11) is 0. The second-order valence-electron chi connectivity index (χ2n) is 6.02. The first-order valence-electron chi connectivity index (χ1n) is 7.98. The lowest BCUT2D eigenvalue weighted by Crippen LogP contribution is -2.34. The third-order valence-electron chi connectivity index (χ3n) is 3.34. The monoisotopic (exact) mass is 349 g/mol. The third kappa shape index (κ3) is 5.55. The molecule has 2 rings (SSSR count). The van der Waals surface area contributed by atoms with Crippen LogP contribution in [0.25, 0.3) is 10.2 Å². The quantitative estimate of drug-likeness (QED) is 0.754. The van der Waals surface area contributed by atoms with Gasteiger partial charge in [-0.3, -0.25) is 4.79 Å². The summed E-state index contributed by atoms with van der Waals surface area (Å²) in [6.45, 7) is 6.20. The summed E-state index contributed by atoms with van der Waals surface area (Å²) in [5.41, 5.74) is 2.29. The number of hydrogen-bond donors (Lipinski definition) is 2. The predicted octanol–water partition coefficient (Wildman–Crippen LogP) is 4.50. The van der Waals surface area contributed by atoms with Crippen molar-refractivity contribution < 1.29 is 4.79 Å². The second-order valence-corrected chi connectivity index (χ2v) is 7.46. The van der Waals surface area contributed by atoms with Crippen LogP contribution in [0.1, 0.15) is 45.6 Å². The van der Waals surface area contributed by atoms with Gasteiger partial charge < -0.3 is 10.6 Å². The lowest BCUT2D eigenvalue weighted by Gasteiger charge is -2.08. The molecule has 1 aromatic carbocycles. The third-order valence-corrected chi connectivity index (χ3v) is 4.48. The molecule has 0 saturated heterocycles. The van der Waals surface area contributed by atoms with E-state index in [4.69, 9.17) is 12.2 Å². The first-order chi connectivity index (χ1) is 11.0. The standard InChI is InChI=1S/C17H23N3OS2/c1-4-5-6-12-7-8-13-14(10-12)23-17(18-13)20-16(22)19-15(21)9-11(2)3/h7-8,10-11H,4-6,9H2,1-3H3,(H2,18,19,20,21,22). The van der Waals surface area contributed by atoms with Gasteiger partial charge >= 0.3 is 0 Å². The van der Waals surface area contributed by atoms with E-state index in [-0.39, 0.29) is 5.91 Å². The van der Waals surface area contributed by atoms with E-state index < -0.39 is 0 Å². The smallest absolute Gasteiger partial charge is 0.226 e. The predicted molar refractivity (Wildman–Crippen MR) is 102 cm³/mol. The maximum atomic E-state index is 11.7. The molecule has 2 N–H and O–H groups in total. The van der Waals surface area contributed by atoms with Gasteiger partial charge in [0.2, 0.25) is 5.91 Å². The highest BCUT2D eigenvalue weighted by atomic mass is 32.1. The van der Waals surface area contributed by atoms with Crippen molar-refractivity contribution in [1.29, 1.82) is 0 Å². The van der Waals surface area contributed by atoms with E-state index in [0.29, 0.717) is 22.6 Å². The van der Waals surface area contributed by atoms with Crippen molar-refractivity contribution in [3.63, 3.8) is 0 Å². The van der Waals surface area contributed by atoms with Crippen LogP contribution in [0, 0.1) is 5.92 Å². The Morgan fingerprint density at radius 2 is 2.17 bits per heavy atom. The van der Waals surface area contributed by atoms with Gasteiger partial charge in [0.05, 0.1) is 10.2 Å². The number of anilines is 1. The molecule has 6 heteroatoms. The van der Waals surface area contributed by atoms with Crippen molar-refractivity contribution in [2.75, 3.05) is 5.32 Å². The number of aryl methyl sites for hydroxylation is 1. The van der Waals surface area contributed by atoms with Gasteiger partial charge in [-0.05, 0) is 48.7 Å². The summed E-state index contributed by atoms with van der Waals surface area (Å²) in [5, 5.41) is 6.71. The molecule has 0 aliphatic carbocycles. The van der Waals surface area contributed by atoms with Crippen LogP contribution in [-0.4, -0.2) is 16.0 Å². The second kappa shape index (κ2) is 8.36.